The SMILES string of the molecule is CCOc1ccc2nc(N3CCC[C@H](C(=O)N4CCCN(C(C)=O)CC4)C3)nc(C)c2c1. The minimum atomic E-state index is -0.0624. The molecule has 8 nitrogen and oxygen atoms in total. The highest BCUT2D eigenvalue weighted by Crippen LogP contribution is 2.27. The van der Waals surface area contributed by atoms with Crippen LogP contribution in [0.3, 0.4) is 0 Å². The molecule has 2 aliphatic heterocycles. The molecule has 2 amide bonds. The van der Waals surface area contributed by atoms with Crippen LogP contribution in [0.1, 0.15) is 38.8 Å². The van der Waals surface area contributed by atoms with Crippen LogP contribution < -0.4 is 9.64 Å². The monoisotopic (exact) mass is 439 g/mol. The van der Waals surface area contributed by atoms with Crippen LogP contribution in [-0.2, 0) is 9.59 Å². The van der Waals surface area contributed by atoms with Crippen molar-refractivity contribution in [2.45, 2.75) is 40.0 Å². The number of hydrogen-bond donors (Lipinski definition) is 0. The zero-order valence-corrected chi connectivity index (χ0v) is 19.3. The summed E-state index contributed by atoms with van der Waals surface area (Å²) in [7, 11) is 0. The Hall–Kier alpha value is -2.90. The van der Waals surface area contributed by atoms with E-state index in [4.69, 9.17) is 14.7 Å². The summed E-state index contributed by atoms with van der Waals surface area (Å²) in [6, 6.07) is 5.90. The Bertz CT molecular complexity index is 995. The topological polar surface area (TPSA) is 78.9 Å². The Labute approximate surface area is 189 Å². The first-order valence-electron chi connectivity index (χ1n) is 11.7. The first kappa shape index (κ1) is 22.3. The second-order valence-electron chi connectivity index (χ2n) is 8.69. The predicted octanol–water partition coefficient (Wildman–Crippen LogP) is 2.63. The van der Waals surface area contributed by atoms with E-state index < -0.39 is 0 Å². The normalized spacial score (nSPS) is 19.7. The summed E-state index contributed by atoms with van der Waals surface area (Å²) in [6.07, 6.45) is 2.65. The van der Waals surface area contributed by atoms with E-state index >= 15 is 0 Å². The van der Waals surface area contributed by atoms with Crippen molar-refractivity contribution in [2.24, 2.45) is 5.92 Å². The van der Waals surface area contributed by atoms with Crippen LogP contribution in [0.15, 0.2) is 18.2 Å². The highest BCUT2D eigenvalue weighted by Gasteiger charge is 2.31. The maximum absolute atomic E-state index is 13.3. The maximum atomic E-state index is 13.3. The molecule has 2 saturated heterocycles. The second-order valence-corrected chi connectivity index (χ2v) is 8.69. The van der Waals surface area contributed by atoms with Gasteiger partial charge in [0.25, 0.3) is 0 Å². The third kappa shape index (κ3) is 4.79. The van der Waals surface area contributed by atoms with E-state index in [9.17, 15) is 9.59 Å². The molecule has 0 unspecified atom stereocenters. The van der Waals surface area contributed by atoms with Crippen molar-refractivity contribution in [1.29, 1.82) is 0 Å². The molecule has 2 fully saturated rings. The molecule has 1 aromatic heterocycles. The van der Waals surface area contributed by atoms with Gasteiger partial charge in [0.05, 0.1) is 23.7 Å². The fourth-order valence-corrected chi connectivity index (χ4v) is 4.71. The van der Waals surface area contributed by atoms with Gasteiger partial charge in [-0.15, -0.1) is 0 Å². The molecule has 0 radical (unpaired) electrons. The van der Waals surface area contributed by atoms with E-state index in [1.165, 1.54) is 0 Å². The van der Waals surface area contributed by atoms with Crippen molar-refractivity contribution >= 4 is 28.7 Å². The molecular formula is C24H33N5O3. The average molecular weight is 440 g/mol. The Balaban J connectivity index is 1.47. The van der Waals surface area contributed by atoms with Crippen molar-refractivity contribution in [3.8, 4) is 5.75 Å². The lowest BCUT2D eigenvalue weighted by Crippen LogP contribution is -2.46. The fourth-order valence-electron chi connectivity index (χ4n) is 4.71. The van der Waals surface area contributed by atoms with Gasteiger partial charge in [0, 0.05) is 51.6 Å². The van der Waals surface area contributed by atoms with E-state index in [0.29, 0.717) is 38.7 Å². The molecule has 32 heavy (non-hydrogen) atoms. The van der Waals surface area contributed by atoms with Crippen molar-refractivity contribution in [2.75, 3.05) is 50.8 Å². The van der Waals surface area contributed by atoms with Crippen molar-refractivity contribution < 1.29 is 14.3 Å². The summed E-state index contributed by atoms with van der Waals surface area (Å²) >= 11 is 0. The van der Waals surface area contributed by atoms with Gasteiger partial charge in [-0.1, -0.05) is 0 Å². The number of carbonyl (C=O) groups excluding carboxylic acids is 2. The van der Waals surface area contributed by atoms with Crippen LogP contribution >= 0.6 is 0 Å². The lowest BCUT2D eigenvalue weighted by Gasteiger charge is -2.35. The number of rotatable bonds is 4. The molecule has 2 aliphatic rings. The van der Waals surface area contributed by atoms with E-state index in [0.717, 1.165) is 54.7 Å². The predicted molar refractivity (Wildman–Crippen MR) is 124 cm³/mol. The van der Waals surface area contributed by atoms with Gasteiger partial charge in [0.15, 0.2) is 0 Å². The van der Waals surface area contributed by atoms with Crippen molar-refractivity contribution in [3.63, 3.8) is 0 Å². The third-order valence-corrected chi connectivity index (χ3v) is 6.46. The molecular weight excluding hydrogens is 406 g/mol. The lowest BCUT2D eigenvalue weighted by molar-refractivity contribution is -0.136. The first-order valence-corrected chi connectivity index (χ1v) is 11.7. The number of aryl methyl sites for hydroxylation is 1. The lowest BCUT2D eigenvalue weighted by atomic mass is 9.96. The minimum Gasteiger partial charge on any atom is -0.494 e. The van der Waals surface area contributed by atoms with Gasteiger partial charge in [-0.2, -0.15) is 0 Å². The molecule has 1 aromatic carbocycles. The Kier molecular flexibility index (Phi) is 6.77. The Morgan fingerprint density at radius 1 is 1.06 bits per heavy atom. The molecule has 2 aromatic rings. The molecule has 0 bridgehead atoms. The number of fused-ring (bicyclic) bond motifs is 1. The maximum Gasteiger partial charge on any atom is 0.227 e. The van der Waals surface area contributed by atoms with Crippen LogP contribution in [0.5, 0.6) is 5.75 Å². The van der Waals surface area contributed by atoms with Gasteiger partial charge in [-0.3, -0.25) is 9.59 Å². The van der Waals surface area contributed by atoms with E-state index in [1.807, 2.05) is 41.8 Å². The molecule has 0 spiro atoms. The fraction of sp³-hybridized carbons (Fsp3) is 0.583. The van der Waals surface area contributed by atoms with Crippen LogP contribution in [0.25, 0.3) is 10.9 Å². The summed E-state index contributed by atoms with van der Waals surface area (Å²) in [5.41, 5.74) is 1.80. The second kappa shape index (κ2) is 9.71. The number of carbonyl (C=O) groups is 2. The molecule has 0 saturated carbocycles. The number of anilines is 1. The molecule has 172 valence electrons. The summed E-state index contributed by atoms with van der Waals surface area (Å²) in [4.78, 5) is 40.5. The zero-order valence-electron chi connectivity index (χ0n) is 19.3. The molecule has 8 heteroatoms. The first-order chi connectivity index (χ1) is 15.5. The van der Waals surface area contributed by atoms with Gasteiger partial charge in [0.2, 0.25) is 17.8 Å². The number of piperidine rings is 1. The molecule has 0 N–H and O–H groups in total. The number of hydrogen-bond acceptors (Lipinski definition) is 6. The van der Waals surface area contributed by atoms with Gasteiger partial charge in [0.1, 0.15) is 5.75 Å². The molecule has 3 heterocycles. The van der Waals surface area contributed by atoms with Crippen LogP contribution in [-0.4, -0.2) is 77.5 Å². The van der Waals surface area contributed by atoms with Gasteiger partial charge in [-0.25, -0.2) is 9.97 Å². The molecule has 4 rings (SSSR count). The highest BCUT2D eigenvalue weighted by atomic mass is 16.5. The number of benzene rings is 1. The summed E-state index contributed by atoms with van der Waals surface area (Å²) in [6.45, 7) is 10.3. The largest absolute Gasteiger partial charge is 0.494 e. The van der Waals surface area contributed by atoms with Gasteiger partial charge < -0.3 is 19.4 Å². The van der Waals surface area contributed by atoms with Crippen molar-refractivity contribution in [3.05, 3.63) is 23.9 Å². The van der Waals surface area contributed by atoms with E-state index in [1.54, 1.807) is 6.92 Å². The van der Waals surface area contributed by atoms with Crippen molar-refractivity contribution in [1.82, 2.24) is 19.8 Å². The number of ether oxygens (including phenoxy) is 1. The standard InChI is InChI=1S/C24H33N5O3/c1-4-32-20-8-9-22-21(15-20)17(2)25-24(26-22)29-10-5-7-19(16-29)23(31)28-12-6-11-27(13-14-28)18(3)30/h8-9,15,19H,4-7,10-14,16H2,1-3H3/t19-/m0/s1. The van der Waals surface area contributed by atoms with Crippen LogP contribution in [0.2, 0.25) is 0 Å². The number of aromatic nitrogens is 2. The number of nitrogens with zero attached hydrogens (tertiary/aromatic N) is 5. The van der Waals surface area contributed by atoms with Crippen LogP contribution in [0.4, 0.5) is 5.95 Å². The average Bonchev–Trinajstić information content (AvgIpc) is 3.06. The highest BCUT2D eigenvalue weighted by molar-refractivity contribution is 5.84. The quantitative estimate of drug-likeness (QED) is 0.729. The van der Waals surface area contributed by atoms with Gasteiger partial charge >= 0.3 is 0 Å². The zero-order chi connectivity index (χ0) is 22.7. The Morgan fingerprint density at radius 3 is 2.62 bits per heavy atom. The molecule has 1 atom stereocenters. The molecule has 0 aliphatic carbocycles. The van der Waals surface area contributed by atoms with Gasteiger partial charge in [-0.05, 0) is 51.3 Å². The number of amides is 2. The van der Waals surface area contributed by atoms with Crippen LogP contribution in [0, 0.1) is 12.8 Å². The summed E-state index contributed by atoms with van der Waals surface area (Å²) in [5, 5.41) is 0.990. The smallest absolute Gasteiger partial charge is 0.227 e. The summed E-state index contributed by atoms with van der Waals surface area (Å²) in [5.74, 6) is 1.73. The Morgan fingerprint density at radius 2 is 1.84 bits per heavy atom. The third-order valence-electron chi connectivity index (χ3n) is 6.46. The summed E-state index contributed by atoms with van der Waals surface area (Å²) < 4.78 is 5.61. The minimum absolute atomic E-state index is 0.0624. The van der Waals surface area contributed by atoms with E-state index in [2.05, 4.69) is 4.90 Å². The van der Waals surface area contributed by atoms with E-state index in [-0.39, 0.29) is 17.7 Å².